The summed E-state index contributed by atoms with van der Waals surface area (Å²) in [7, 11) is 0. The maximum absolute atomic E-state index is 12.1. The Morgan fingerprint density at radius 1 is 1.40 bits per heavy atom. The molecule has 112 valence electrons. The Hall–Kier alpha value is -1.62. The Balaban J connectivity index is 2.59. The molecule has 1 heterocycles. The Kier molecular flexibility index (Phi) is 6.45. The van der Waals surface area contributed by atoms with Crippen LogP contribution in [0.3, 0.4) is 0 Å². The molecule has 0 atom stereocenters. The number of hydrogen-bond acceptors (Lipinski definition) is 4. The van der Waals surface area contributed by atoms with E-state index in [0.29, 0.717) is 18.8 Å². The van der Waals surface area contributed by atoms with Gasteiger partial charge in [0.05, 0.1) is 5.60 Å². The molecule has 1 aromatic rings. The summed E-state index contributed by atoms with van der Waals surface area (Å²) in [6.07, 6.45) is 2.67. The number of hydrogen-bond donors (Lipinski definition) is 2. The van der Waals surface area contributed by atoms with Crippen LogP contribution in [0.25, 0.3) is 0 Å². The van der Waals surface area contributed by atoms with E-state index in [2.05, 4.69) is 22.5 Å². The lowest BCUT2D eigenvalue weighted by atomic mass is 10.1. The summed E-state index contributed by atoms with van der Waals surface area (Å²) in [5.41, 5.74) is 0.956. The van der Waals surface area contributed by atoms with Gasteiger partial charge in [-0.05, 0) is 39.3 Å². The van der Waals surface area contributed by atoms with Crippen molar-refractivity contribution in [2.75, 3.05) is 25.0 Å². The lowest BCUT2D eigenvalue weighted by Crippen LogP contribution is -2.40. The second-order valence-electron chi connectivity index (χ2n) is 5.23. The highest BCUT2D eigenvalue weighted by Gasteiger charge is 2.19. The van der Waals surface area contributed by atoms with Gasteiger partial charge in [0.1, 0.15) is 5.69 Å². The Bertz CT molecular complexity index is 433. The first-order valence-corrected chi connectivity index (χ1v) is 7.10. The molecule has 0 aliphatic heterocycles. The summed E-state index contributed by atoms with van der Waals surface area (Å²) in [5.74, 6) is -0.182. The highest BCUT2D eigenvalue weighted by atomic mass is 16.5. The van der Waals surface area contributed by atoms with Crippen molar-refractivity contribution in [2.45, 2.75) is 39.7 Å². The van der Waals surface area contributed by atoms with Crippen LogP contribution in [-0.4, -0.2) is 36.2 Å². The predicted molar refractivity (Wildman–Crippen MR) is 81.1 cm³/mol. The van der Waals surface area contributed by atoms with Gasteiger partial charge in [0, 0.05) is 31.6 Å². The molecule has 20 heavy (non-hydrogen) atoms. The fourth-order valence-electron chi connectivity index (χ4n) is 1.76. The normalized spacial score (nSPS) is 11.2. The van der Waals surface area contributed by atoms with Crippen molar-refractivity contribution in [1.29, 1.82) is 0 Å². The van der Waals surface area contributed by atoms with Crippen LogP contribution < -0.4 is 10.6 Å². The van der Waals surface area contributed by atoms with Crippen LogP contribution in [-0.2, 0) is 4.74 Å². The van der Waals surface area contributed by atoms with E-state index in [4.69, 9.17) is 4.74 Å². The number of ether oxygens (including phenoxy) is 1. The fraction of sp³-hybridized carbons (Fsp3) is 0.600. The van der Waals surface area contributed by atoms with E-state index in [-0.39, 0.29) is 11.5 Å². The molecule has 0 radical (unpaired) electrons. The summed E-state index contributed by atoms with van der Waals surface area (Å²) in [5, 5.41) is 6.09. The summed E-state index contributed by atoms with van der Waals surface area (Å²) in [6.45, 7) is 9.88. The Labute approximate surface area is 121 Å². The number of aromatic nitrogens is 1. The van der Waals surface area contributed by atoms with Gasteiger partial charge in [-0.1, -0.05) is 6.92 Å². The molecule has 0 aromatic carbocycles. The molecule has 0 saturated heterocycles. The van der Waals surface area contributed by atoms with Crippen LogP contribution in [0.2, 0.25) is 0 Å². The molecular formula is C15H25N3O2. The van der Waals surface area contributed by atoms with E-state index in [1.807, 2.05) is 26.8 Å². The number of pyridine rings is 1. The van der Waals surface area contributed by atoms with Crippen LogP contribution in [0, 0.1) is 0 Å². The summed E-state index contributed by atoms with van der Waals surface area (Å²) in [4.78, 5) is 16.2. The molecule has 0 fully saturated rings. The second kappa shape index (κ2) is 7.85. The third-order valence-corrected chi connectivity index (χ3v) is 2.78. The summed E-state index contributed by atoms with van der Waals surface area (Å²) < 4.78 is 5.54. The van der Waals surface area contributed by atoms with Gasteiger partial charge in [0.15, 0.2) is 0 Å². The number of nitrogens with one attached hydrogen (secondary N) is 2. The SMILES string of the molecule is CCCNc1ccnc(C(=O)NCC(C)(C)OCC)c1. The number of carbonyl (C=O) groups is 1. The minimum Gasteiger partial charge on any atom is -0.385 e. The Morgan fingerprint density at radius 3 is 2.80 bits per heavy atom. The van der Waals surface area contributed by atoms with E-state index < -0.39 is 0 Å². The first-order chi connectivity index (χ1) is 9.48. The molecule has 1 amide bonds. The maximum Gasteiger partial charge on any atom is 0.270 e. The van der Waals surface area contributed by atoms with Crippen LogP contribution >= 0.6 is 0 Å². The average molecular weight is 279 g/mol. The van der Waals surface area contributed by atoms with Crippen molar-refractivity contribution in [3.05, 3.63) is 24.0 Å². The van der Waals surface area contributed by atoms with Crippen molar-refractivity contribution in [2.24, 2.45) is 0 Å². The standard InChI is InChI=1S/C15H25N3O2/c1-5-8-16-12-7-9-17-13(10-12)14(19)18-11-15(3,4)20-6-2/h7,9-10H,5-6,8,11H2,1-4H3,(H,16,17)(H,18,19). The van der Waals surface area contributed by atoms with Gasteiger partial charge in [0.2, 0.25) is 0 Å². The van der Waals surface area contributed by atoms with Crippen molar-refractivity contribution in [3.8, 4) is 0 Å². The third kappa shape index (κ3) is 5.57. The van der Waals surface area contributed by atoms with Gasteiger partial charge < -0.3 is 15.4 Å². The zero-order valence-electron chi connectivity index (χ0n) is 12.8. The molecule has 0 unspecified atom stereocenters. The first kappa shape index (κ1) is 16.4. The largest absolute Gasteiger partial charge is 0.385 e. The van der Waals surface area contributed by atoms with Crippen molar-refractivity contribution in [1.82, 2.24) is 10.3 Å². The van der Waals surface area contributed by atoms with Crippen LogP contribution in [0.5, 0.6) is 0 Å². The minimum atomic E-state index is -0.373. The van der Waals surface area contributed by atoms with Gasteiger partial charge in [-0.2, -0.15) is 0 Å². The number of amides is 1. The monoisotopic (exact) mass is 279 g/mol. The minimum absolute atomic E-state index is 0.182. The molecule has 1 aromatic heterocycles. The van der Waals surface area contributed by atoms with E-state index in [1.165, 1.54) is 0 Å². The summed E-state index contributed by atoms with van der Waals surface area (Å²) >= 11 is 0. The number of rotatable bonds is 8. The van der Waals surface area contributed by atoms with Gasteiger partial charge in [-0.15, -0.1) is 0 Å². The lowest BCUT2D eigenvalue weighted by Gasteiger charge is -2.24. The number of nitrogens with zero attached hydrogens (tertiary/aromatic N) is 1. The molecule has 0 aliphatic rings. The second-order valence-corrected chi connectivity index (χ2v) is 5.23. The molecule has 1 rings (SSSR count). The topological polar surface area (TPSA) is 63.2 Å². The zero-order valence-corrected chi connectivity index (χ0v) is 12.8. The molecule has 5 heteroatoms. The highest BCUT2D eigenvalue weighted by Crippen LogP contribution is 2.10. The quantitative estimate of drug-likeness (QED) is 0.767. The van der Waals surface area contributed by atoms with Crippen molar-refractivity contribution < 1.29 is 9.53 Å². The van der Waals surface area contributed by atoms with Crippen LogP contribution in [0.15, 0.2) is 18.3 Å². The smallest absolute Gasteiger partial charge is 0.270 e. The van der Waals surface area contributed by atoms with Gasteiger partial charge >= 0.3 is 0 Å². The Morgan fingerprint density at radius 2 is 2.15 bits per heavy atom. The zero-order chi connectivity index (χ0) is 15.0. The van der Waals surface area contributed by atoms with Crippen LogP contribution in [0.1, 0.15) is 44.6 Å². The molecule has 0 aliphatic carbocycles. The third-order valence-electron chi connectivity index (χ3n) is 2.78. The number of anilines is 1. The molecule has 0 saturated carbocycles. The lowest BCUT2D eigenvalue weighted by molar-refractivity contribution is -0.00818. The van der Waals surface area contributed by atoms with Gasteiger partial charge in [0.25, 0.3) is 5.91 Å². The van der Waals surface area contributed by atoms with E-state index in [0.717, 1.165) is 18.7 Å². The molecule has 0 bridgehead atoms. The van der Waals surface area contributed by atoms with E-state index in [1.54, 1.807) is 12.3 Å². The number of carbonyl (C=O) groups excluding carboxylic acids is 1. The molecular weight excluding hydrogens is 254 g/mol. The van der Waals surface area contributed by atoms with Gasteiger partial charge in [-0.3, -0.25) is 9.78 Å². The van der Waals surface area contributed by atoms with Crippen molar-refractivity contribution >= 4 is 11.6 Å². The molecule has 2 N–H and O–H groups in total. The first-order valence-electron chi connectivity index (χ1n) is 7.10. The molecule has 0 spiro atoms. The van der Waals surface area contributed by atoms with Crippen LogP contribution in [0.4, 0.5) is 5.69 Å². The average Bonchev–Trinajstić information content (AvgIpc) is 2.43. The molecule has 5 nitrogen and oxygen atoms in total. The fourth-order valence-corrected chi connectivity index (χ4v) is 1.76. The van der Waals surface area contributed by atoms with E-state index in [9.17, 15) is 4.79 Å². The van der Waals surface area contributed by atoms with Crippen molar-refractivity contribution in [3.63, 3.8) is 0 Å². The maximum atomic E-state index is 12.1. The van der Waals surface area contributed by atoms with E-state index >= 15 is 0 Å². The highest BCUT2D eigenvalue weighted by molar-refractivity contribution is 5.93. The predicted octanol–water partition coefficient (Wildman–Crippen LogP) is 2.45. The summed E-state index contributed by atoms with van der Waals surface area (Å²) in [6, 6.07) is 3.62. The van der Waals surface area contributed by atoms with Gasteiger partial charge in [-0.25, -0.2) is 0 Å².